The van der Waals surface area contributed by atoms with Gasteiger partial charge in [-0.3, -0.25) is 4.90 Å². The lowest BCUT2D eigenvalue weighted by Gasteiger charge is -2.40. The number of benzene rings is 2. The SMILES string of the molecule is COc1cc2c(cc1OC)C(CCc1c[nH]c3c(C)cccc13)N(CC1CCOCC1)CC2. The molecule has 3 aromatic rings. The number of aromatic amines is 1. The molecule has 0 aliphatic carbocycles. The predicted molar refractivity (Wildman–Crippen MR) is 132 cm³/mol. The minimum atomic E-state index is 0.381. The van der Waals surface area contributed by atoms with Crippen LogP contribution in [0.5, 0.6) is 11.5 Å². The van der Waals surface area contributed by atoms with Gasteiger partial charge in [-0.15, -0.1) is 0 Å². The highest BCUT2D eigenvalue weighted by molar-refractivity contribution is 5.85. The van der Waals surface area contributed by atoms with Crippen molar-refractivity contribution in [3.05, 3.63) is 58.8 Å². The smallest absolute Gasteiger partial charge is 0.161 e. The van der Waals surface area contributed by atoms with Crippen LogP contribution in [-0.4, -0.2) is 50.4 Å². The lowest BCUT2D eigenvalue weighted by molar-refractivity contribution is 0.0423. The van der Waals surface area contributed by atoms with E-state index in [-0.39, 0.29) is 0 Å². The third-order valence-corrected chi connectivity index (χ3v) is 7.64. The first kappa shape index (κ1) is 22.3. The molecule has 33 heavy (non-hydrogen) atoms. The summed E-state index contributed by atoms with van der Waals surface area (Å²) in [5.41, 5.74) is 6.78. The highest BCUT2D eigenvalue weighted by Gasteiger charge is 2.31. The highest BCUT2D eigenvalue weighted by atomic mass is 16.5. The summed E-state index contributed by atoms with van der Waals surface area (Å²) in [5.74, 6) is 2.38. The number of para-hydroxylation sites is 1. The van der Waals surface area contributed by atoms with Gasteiger partial charge in [0.1, 0.15) is 0 Å². The average Bonchev–Trinajstić information content (AvgIpc) is 3.27. The molecule has 1 saturated heterocycles. The molecule has 176 valence electrons. The second kappa shape index (κ2) is 9.78. The molecule has 0 bridgehead atoms. The molecule has 2 aromatic carbocycles. The van der Waals surface area contributed by atoms with E-state index in [0.29, 0.717) is 6.04 Å². The van der Waals surface area contributed by atoms with Gasteiger partial charge in [-0.2, -0.15) is 0 Å². The zero-order chi connectivity index (χ0) is 22.8. The maximum absolute atomic E-state index is 5.69. The quantitative estimate of drug-likeness (QED) is 0.522. The van der Waals surface area contributed by atoms with Crippen molar-refractivity contribution in [1.29, 1.82) is 0 Å². The van der Waals surface area contributed by atoms with E-state index in [4.69, 9.17) is 14.2 Å². The van der Waals surface area contributed by atoms with Crippen molar-refractivity contribution in [2.45, 2.75) is 45.1 Å². The Balaban J connectivity index is 1.44. The van der Waals surface area contributed by atoms with E-state index in [1.54, 1.807) is 14.2 Å². The number of aryl methyl sites for hydroxylation is 2. The van der Waals surface area contributed by atoms with Crippen LogP contribution in [0, 0.1) is 12.8 Å². The molecule has 0 amide bonds. The Morgan fingerprint density at radius 1 is 1.09 bits per heavy atom. The number of hydrogen-bond donors (Lipinski definition) is 1. The summed E-state index contributed by atoms with van der Waals surface area (Å²) >= 11 is 0. The van der Waals surface area contributed by atoms with Crippen LogP contribution in [0.4, 0.5) is 0 Å². The van der Waals surface area contributed by atoms with E-state index in [0.717, 1.165) is 63.0 Å². The van der Waals surface area contributed by atoms with Crippen LogP contribution in [-0.2, 0) is 17.6 Å². The summed E-state index contributed by atoms with van der Waals surface area (Å²) in [6.45, 7) is 6.22. The molecule has 1 unspecified atom stereocenters. The van der Waals surface area contributed by atoms with Crippen molar-refractivity contribution >= 4 is 10.9 Å². The van der Waals surface area contributed by atoms with E-state index >= 15 is 0 Å². The van der Waals surface area contributed by atoms with Gasteiger partial charge < -0.3 is 19.2 Å². The first-order valence-corrected chi connectivity index (χ1v) is 12.3. The minimum Gasteiger partial charge on any atom is -0.493 e. The fourth-order valence-electron chi connectivity index (χ4n) is 5.76. The zero-order valence-electron chi connectivity index (χ0n) is 20.2. The summed E-state index contributed by atoms with van der Waals surface area (Å²) in [7, 11) is 3.46. The van der Waals surface area contributed by atoms with Gasteiger partial charge in [-0.1, -0.05) is 18.2 Å². The number of fused-ring (bicyclic) bond motifs is 2. The number of rotatable bonds is 7. The zero-order valence-corrected chi connectivity index (χ0v) is 20.2. The molecule has 5 rings (SSSR count). The molecular formula is C28H36N2O3. The van der Waals surface area contributed by atoms with Gasteiger partial charge >= 0.3 is 0 Å². The maximum Gasteiger partial charge on any atom is 0.161 e. The maximum atomic E-state index is 5.69. The van der Waals surface area contributed by atoms with Crippen molar-refractivity contribution in [3.8, 4) is 11.5 Å². The molecule has 5 nitrogen and oxygen atoms in total. The number of nitrogens with zero attached hydrogens (tertiary/aromatic N) is 1. The molecule has 1 fully saturated rings. The van der Waals surface area contributed by atoms with Crippen LogP contribution in [0.3, 0.4) is 0 Å². The average molecular weight is 449 g/mol. The van der Waals surface area contributed by atoms with Gasteiger partial charge in [0.05, 0.1) is 14.2 Å². The first-order chi connectivity index (χ1) is 16.2. The number of aromatic nitrogens is 1. The molecule has 0 spiro atoms. The second-order valence-electron chi connectivity index (χ2n) is 9.57. The van der Waals surface area contributed by atoms with Crippen molar-refractivity contribution < 1.29 is 14.2 Å². The van der Waals surface area contributed by atoms with E-state index in [1.807, 2.05) is 0 Å². The fourth-order valence-corrected chi connectivity index (χ4v) is 5.76. The van der Waals surface area contributed by atoms with Crippen molar-refractivity contribution in [2.24, 2.45) is 5.92 Å². The van der Waals surface area contributed by atoms with Crippen LogP contribution in [0.15, 0.2) is 36.5 Å². The number of nitrogens with one attached hydrogen (secondary N) is 1. The van der Waals surface area contributed by atoms with Gasteiger partial charge in [-0.25, -0.2) is 0 Å². The predicted octanol–water partition coefficient (Wildman–Crippen LogP) is 5.45. The Morgan fingerprint density at radius 3 is 2.67 bits per heavy atom. The lowest BCUT2D eigenvalue weighted by atomic mass is 9.87. The number of H-pyrrole nitrogens is 1. The number of methoxy groups -OCH3 is 2. The molecule has 1 atom stereocenters. The lowest BCUT2D eigenvalue weighted by Crippen LogP contribution is -2.40. The molecule has 0 saturated carbocycles. The Morgan fingerprint density at radius 2 is 1.88 bits per heavy atom. The molecule has 1 N–H and O–H groups in total. The third kappa shape index (κ3) is 4.49. The summed E-state index contributed by atoms with van der Waals surface area (Å²) in [6, 6.07) is 11.4. The van der Waals surface area contributed by atoms with Crippen LogP contribution >= 0.6 is 0 Å². The summed E-state index contributed by atoms with van der Waals surface area (Å²) in [5, 5.41) is 1.36. The molecule has 3 heterocycles. The van der Waals surface area contributed by atoms with Crippen LogP contribution in [0.25, 0.3) is 10.9 Å². The second-order valence-corrected chi connectivity index (χ2v) is 9.57. The van der Waals surface area contributed by atoms with Crippen molar-refractivity contribution in [3.63, 3.8) is 0 Å². The third-order valence-electron chi connectivity index (χ3n) is 7.64. The van der Waals surface area contributed by atoms with E-state index in [1.165, 1.54) is 46.0 Å². The Labute approximate surface area is 197 Å². The number of hydrogen-bond acceptors (Lipinski definition) is 4. The fraction of sp³-hybridized carbons (Fsp3) is 0.500. The van der Waals surface area contributed by atoms with Crippen LogP contribution < -0.4 is 9.47 Å². The molecule has 0 radical (unpaired) electrons. The molecule has 1 aromatic heterocycles. The first-order valence-electron chi connectivity index (χ1n) is 12.3. The molecule has 2 aliphatic rings. The Hall–Kier alpha value is -2.50. The summed E-state index contributed by atoms with van der Waals surface area (Å²) in [6.07, 6.45) is 7.74. The summed E-state index contributed by atoms with van der Waals surface area (Å²) < 4.78 is 16.9. The highest BCUT2D eigenvalue weighted by Crippen LogP contribution is 2.41. The van der Waals surface area contributed by atoms with Crippen LogP contribution in [0.1, 0.15) is 47.6 Å². The normalized spacial score (nSPS) is 19.5. The van der Waals surface area contributed by atoms with Crippen molar-refractivity contribution in [2.75, 3.05) is 40.5 Å². The number of ether oxygens (including phenoxy) is 3. The largest absolute Gasteiger partial charge is 0.493 e. The standard InChI is InChI=1S/C28H36N2O3/c1-19-5-4-6-23-22(17-29-28(19)23)7-8-25-24-16-27(32-3)26(31-2)15-21(24)9-12-30(25)18-20-10-13-33-14-11-20/h4-6,15-17,20,25,29H,7-14,18H2,1-3H3. The van der Waals surface area contributed by atoms with E-state index < -0.39 is 0 Å². The summed E-state index contributed by atoms with van der Waals surface area (Å²) in [4.78, 5) is 6.24. The van der Waals surface area contributed by atoms with Gasteiger partial charge in [0, 0.05) is 49.4 Å². The molecular weight excluding hydrogens is 412 g/mol. The monoisotopic (exact) mass is 448 g/mol. The molecule has 2 aliphatic heterocycles. The van der Waals surface area contributed by atoms with Crippen molar-refractivity contribution in [1.82, 2.24) is 9.88 Å². The topological polar surface area (TPSA) is 46.7 Å². The Kier molecular flexibility index (Phi) is 6.61. The van der Waals surface area contributed by atoms with Gasteiger partial charge in [0.25, 0.3) is 0 Å². The van der Waals surface area contributed by atoms with Gasteiger partial charge in [-0.05, 0) is 79.3 Å². The van der Waals surface area contributed by atoms with Gasteiger partial charge in [0.15, 0.2) is 11.5 Å². The van der Waals surface area contributed by atoms with Crippen LogP contribution in [0.2, 0.25) is 0 Å². The molecule has 5 heteroatoms. The van der Waals surface area contributed by atoms with Gasteiger partial charge in [0.2, 0.25) is 0 Å². The minimum absolute atomic E-state index is 0.381. The van der Waals surface area contributed by atoms with E-state index in [2.05, 4.69) is 53.3 Å². The van der Waals surface area contributed by atoms with E-state index in [9.17, 15) is 0 Å². The Bertz CT molecular complexity index is 1100.